The number of furan rings is 1. The SMILES string of the molecule is CC(C)(C)c1ccc(N2c3c4c(cc5c3sc3ccccc35)-c3cc(C56CC7CC(CC(C7)C5)C6)cc5c6cc(C78CC9CC(CC(C9)C7)C8)ccc6n(c35)B4c3ccc4oc5cc6ccccc6cc5c4c32)c(-c2ccccc2)c1. The summed E-state index contributed by atoms with van der Waals surface area (Å²) in [6.45, 7) is 6.99. The zero-order valence-corrected chi connectivity index (χ0v) is 47.6. The molecule has 3 nitrogen and oxygen atoms in total. The van der Waals surface area contributed by atoms with E-state index in [1.807, 2.05) is 11.3 Å². The van der Waals surface area contributed by atoms with Gasteiger partial charge in [0, 0.05) is 53.8 Å². The first-order valence-electron chi connectivity index (χ1n) is 31.1. The number of hydrogen-bond donors (Lipinski definition) is 0. The van der Waals surface area contributed by atoms with Crippen LogP contribution in [-0.4, -0.2) is 11.3 Å². The monoisotopic (exact) mass is 1060 g/mol. The van der Waals surface area contributed by atoms with Gasteiger partial charge in [0.25, 0.3) is 0 Å². The summed E-state index contributed by atoms with van der Waals surface area (Å²) in [6, 6.07) is 62.8. The van der Waals surface area contributed by atoms with Crippen molar-refractivity contribution in [1.82, 2.24) is 4.48 Å². The molecule has 3 aromatic heterocycles. The number of fused-ring (bicyclic) bond motifs is 16. The third-order valence-electron chi connectivity index (χ3n) is 23.1. The Morgan fingerprint density at radius 2 is 1.16 bits per heavy atom. The molecule has 0 unspecified atom stereocenters. The third kappa shape index (κ3) is 6.07. The standard InChI is InChI=1S/C76H65BN2OS/c1-74(2,3)51-17-20-63(55(31-51)48-11-5-4-6-12-48)78-71-62(19-22-65-68(71)61-29-49-13-7-8-14-50(49)30-66(61)80-65)77-69-57(35-60-54-15-9-10-16-67(54)81-73(60)72(69)78)59-34-53(76-39-45-26-46(40-76)28-47(27-45)41-76)33-58-56-32-52(18-21-64(56)79(77)70(58)59)75-36-42-23-43(37-75)25-44(24-42)38-75/h4-22,29-35,42-47H,23-28,36-41H2,1-3H3. The fourth-order valence-corrected chi connectivity index (χ4v) is 21.9. The molecule has 0 N–H and O–H groups in total. The van der Waals surface area contributed by atoms with Crippen LogP contribution in [0.25, 0.3) is 96.9 Å². The van der Waals surface area contributed by atoms with E-state index in [1.54, 1.807) is 11.1 Å². The summed E-state index contributed by atoms with van der Waals surface area (Å²) in [7, 11) is 0. The highest BCUT2D eigenvalue weighted by molar-refractivity contribution is 7.26. The number of rotatable bonds is 4. The molecule has 8 saturated carbocycles. The predicted octanol–water partition coefficient (Wildman–Crippen LogP) is 19.5. The molecule has 394 valence electrons. The lowest BCUT2D eigenvalue weighted by Crippen LogP contribution is -2.56. The number of thiophene rings is 1. The number of aromatic nitrogens is 1. The molecule has 8 aliphatic carbocycles. The molecule has 5 heteroatoms. The highest BCUT2D eigenvalue weighted by Crippen LogP contribution is 2.64. The van der Waals surface area contributed by atoms with Crippen LogP contribution in [0.2, 0.25) is 0 Å². The lowest BCUT2D eigenvalue weighted by atomic mass is 9.44. The number of nitrogens with zero attached hydrogens (tertiary/aromatic N) is 2. The predicted molar refractivity (Wildman–Crippen MR) is 341 cm³/mol. The lowest BCUT2D eigenvalue weighted by molar-refractivity contribution is -0.00527. The first kappa shape index (κ1) is 45.5. The van der Waals surface area contributed by atoms with E-state index in [0.29, 0.717) is 5.41 Å². The first-order valence-corrected chi connectivity index (χ1v) is 31.9. The van der Waals surface area contributed by atoms with Crippen LogP contribution in [0.4, 0.5) is 17.1 Å². The average Bonchev–Trinajstić information content (AvgIpc) is 2.22. The minimum atomic E-state index is -0.0945. The molecule has 5 heterocycles. The average molecular weight is 1070 g/mol. The highest BCUT2D eigenvalue weighted by Gasteiger charge is 2.54. The van der Waals surface area contributed by atoms with Crippen molar-refractivity contribution in [2.45, 2.75) is 114 Å². The van der Waals surface area contributed by atoms with Gasteiger partial charge in [0.15, 0.2) is 0 Å². The zero-order valence-electron chi connectivity index (χ0n) is 46.7. The summed E-state index contributed by atoms with van der Waals surface area (Å²) in [4.78, 5) is 2.78. The summed E-state index contributed by atoms with van der Waals surface area (Å²) in [5.74, 6) is 5.27. The summed E-state index contributed by atoms with van der Waals surface area (Å²) in [5, 5.41) is 10.5. The van der Waals surface area contributed by atoms with Crippen LogP contribution in [0.1, 0.15) is 115 Å². The van der Waals surface area contributed by atoms with Gasteiger partial charge in [-0.05, 0) is 245 Å². The van der Waals surface area contributed by atoms with Gasteiger partial charge >= 0.3 is 6.85 Å². The Hall–Kier alpha value is -7.08. The lowest BCUT2D eigenvalue weighted by Gasteiger charge is -2.57. The molecule has 8 fully saturated rings. The van der Waals surface area contributed by atoms with Gasteiger partial charge in [-0.15, -0.1) is 11.3 Å². The Bertz CT molecular complexity index is 4720. The molecule has 22 rings (SSSR count). The fraction of sp³-hybridized carbons (Fsp3) is 0.316. The van der Waals surface area contributed by atoms with Gasteiger partial charge in [-0.1, -0.05) is 112 Å². The summed E-state index contributed by atoms with van der Waals surface area (Å²) >= 11 is 1.99. The quantitative estimate of drug-likeness (QED) is 0.164. The van der Waals surface area contributed by atoms with Crippen LogP contribution >= 0.6 is 11.3 Å². The van der Waals surface area contributed by atoms with Gasteiger partial charge in [0.2, 0.25) is 0 Å². The van der Waals surface area contributed by atoms with E-state index in [2.05, 4.69) is 188 Å². The van der Waals surface area contributed by atoms with Crippen molar-refractivity contribution < 1.29 is 4.42 Å². The summed E-state index contributed by atoms with van der Waals surface area (Å²) in [6.07, 6.45) is 16.9. The van der Waals surface area contributed by atoms with Crippen molar-refractivity contribution in [3.63, 3.8) is 0 Å². The summed E-state index contributed by atoms with van der Waals surface area (Å²) in [5.41, 5.74) is 21.7. The minimum Gasteiger partial charge on any atom is -0.456 e. The maximum absolute atomic E-state index is 7.19. The molecule has 0 spiro atoms. The molecule has 10 aliphatic rings. The Morgan fingerprint density at radius 1 is 0.506 bits per heavy atom. The van der Waals surface area contributed by atoms with E-state index < -0.39 is 0 Å². The molecule has 9 aromatic carbocycles. The maximum atomic E-state index is 7.19. The van der Waals surface area contributed by atoms with Crippen LogP contribution in [0.3, 0.4) is 0 Å². The van der Waals surface area contributed by atoms with Gasteiger partial charge < -0.3 is 13.8 Å². The van der Waals surface area contributed by atoms with E-state index in [1.165, 1.54) is 196 Å². The number of benzene rings is 9. The first-order chi connectivity index (χ1) is 39.6. The van der Waals surface area contributed by atoms with Crippen LogP contribution in [-0.2, 0) is 16.2 Å². The van der Waals surface area contributed by atoms with Gasteiger partial charge in [-0.3, -0.25) is 0 Å². The Morgan fingerprint density at radius 3 is 1.88 bits per heavy atom. The molecule has 8 bridgehead atoms. The van der Waals surface area contributed by atoms with Crippen LogP contribution in [0, 0.1) is 35.5 Å². The Balaban J connectivity index is 0.960. The van der Waals surface area contributed by atoms with Crippen molar-refractivity contribution >= 4 is 121 Å². The van der Waals surface area contributed by atoms with Crippen molar-refractivity contribution in [1.29, 1.82) is 0 Å². The van der Waals surface area contributed by atoms with Crippen LogP contribution < -0.4 is 15.8 Å². The van der Waals surface area contributed by atoms with Crippen LogP contribution in [0.15, 0.2) is 162 Å². The number of hydrogen-bond acceptors (Lipinski definition) is 3. The molecular weight excluding hydrogens is 1000 g/mol. The smallest absolute Gasteiger partial charge is 0.333 e. The van der Waals surface area contributed by atoms with E-state index >= 15 is 0 Å². The second kappa shape index (κ2) is 15.5. The van der Waals surface area contributed by atoms with Gasteiger partial charge in [-0.25, -0.2) is 0 Å². The molecule has 0 atom stereocenters. The topological polar surface area (TPSA) is 21.3 Å². The van der Waals surface area contributed by atoms with E-state index in [-0.39, 0.29) is 17.7 Å². The highest BCUT2D eigenvalue weighted by atomic mass is 32.1. The molecule has 12 aromatic rings. The van der Waals surface area contributed by atoms with Crippen molar-refractivity contribution in [3.05, 3.63) is 174 Å². The third-order valence-corrected chi connectivity index (χ3v) is 24.3. The van der Waals surface area contributed by atoms with Gasteiger partial charge in [0.05, 0.1) is 27.1 Å². The van der Waals surface area contributed by atoms with E-state index in [0.717, 1.165) is 46.7 Å². The van der Waals surface area contributed by atoms with Crippen molar-refractivity contribution in [2.24, 2.45) is 35.5 Å². The largest absolute Gasteiger partial charge is 0.456 e. The fourth-order valence-electron chi connectivity index (χ4n) is 20.6. The van der Waals surface area contributed by atoms with Gasteiger partial charge in [-0.2, -0.15) is 0 Å². The molecule has 2 aliphatic heterocycles. The molecule has 0 radical (unpaired) electrons. The van der Waals surface area contributed by atoms with Crippen molar-refractivity contribution in [3.8, 4) is 22.3 Å². The second-order valence-corrected chi connectivity index (χ2v) is 29.9. The Labute approximate surface area is 478 Å². The molecule has 0 amide bonds. The second-order valence-electron chi connectivity index (χ2n) is 28.8. The van der Waals surface area contributed by atoms with Crippen LogP contribution in [0.5, 0.6) is 0 Å². The molecule has 81 heavy (non-hydrogen) atoms. The zero-order chi connectivity index (χ0) is 53.0. The molecular formula is C76H65BN2OS. The number of anilines is 3. The normalized spacial score (nSPS) is 26.7. The Kier molecular flexibility index (Phi) is 8.72. The van der Waals surface area contributed by atoms with E-state index in [9.17, 15) is 0 Å². The van der Waals surface area contributed by atoms with Gasteiger partial charge in [0.1, 0.15) is 11.2 Å². The molecule has 0 saturated heterocycles. The van der Waals surface area contributed by atoms with E-state index in [4.69, 9.17) is 4.42 Å². The van der Waals surface area contributed by atoms with Crippen molar-refractivity contribution in [2.75, 3.05) is 4.90 Å². The maximum Gasteiger partial charge on any atom is 0.333 e. The summed E-state index contributed by atoms with van der Waals surface area (Å²) < 4.78 is 12.8. The minimum absolute atomic E-state index is 0.0543.